The Labute approximate surface area is 90.4 Å². The van der Waals surface area contributed by atoms with Gasteiger partial charge in [0.1, 0.15) is 5.69 Å². The van der Waals surface area contributed by atoms with Gasteiger partial charge in [-0.3, -0.25) is 9.48 Å². The van der Waals surface area contributed by atoms with Crippen LogP contribution < -0.4 is 5.32 Å². The summed E-state index contributed by atoms with van der Waals surface area (Å²) < 4.78 is 37.8. The van der Waals surface area contributed by atoms with E-state index in [0.29, 0.717) is 0 Å². The molecule has 0 spiro atoms. The lowest BCUT2D eigenvalue weighted by Gasteiger charge is -2.07. The molecule has 0 aromatic carbocycles. The van der Waals surface area contributed by atoms with Gasteiger partial charge in [-0.1, -0.05) is 0 Å². The van der Waals surface area contributed by atoms with Gasteiger partial charge in [0.2, 0.25) is 0 Å². The number of carbonyl (C=O) groups is 1. The highest BCUT2D eigenvalue weighted by molar-refractivity contribution is 5.92. The van der Waals surface area contributed by atoms with E-state index >= 15 is 0 Å². The van der Waals surface area contributed by atoms with Crippen molar-refractivity contribution in [2.45, 2.75) is 26.1 Å². The van der Waals surface area contributed by atoms with Gasteiger partial charge in [-0.05, 0) is 13.8 Å². The number of hydrogen-bond acceptors (Lipinski definition) is 2. The molecule has 0 aliphatic carbocycles. The van der Waals surface area contributed by atoms with Gasteiger partial charge in [0.15, 0.2) is 5.69 Å². The van der Waals surface area contributed by atoms with Crippen molar-refractivity contribution in [3.63, 3.8) is 0 Å². The van der Waals surface area contributed by atoms with E-state index in [-0.39, 0.29) is 11.7 Å². The van der Waals surface area contributed by atoms with Crippen molar-refractivity contribution in [3.05, 3.63) is 17.5 Å². The fraction of sp³-hybridized carbons (Fsp3) is 0.556. The third-order valence-electron chi connectivity index (χ3n) is 1.82. The largest absolute Gasteiger partial charge is 0.435 e. The zero-order valence-corrected chi connectivity index (χ0v) is 9.09. The second-order valence-electron chi connectivity index (χ2n) is 3.66. The van der Waals surface area contributed by atoms with E-state index in [1.165, 1.54) is 7.05 Å². The quantitative estimate of drug-likeness (QED) is 0.845. The Morgan fingerprint density at radius 3 is 2.44 bits per heavy atom. The summed E-state index contributed by atoms with van der Waals surface area (Å²) in [5.74, 6) is -0.569. The molecule has 1 amide bonds. The molecule has 0 saturated carbocycles. The van der Waals surface area contributed by atoms with Crippen LogP contribution >= 0.6 is 0 Å². The first kappa shape index (κ1) is 12.5. The Bertz CT molecular complexity index is 395. The number of halogens is 3. The molecular weight excluding hydrogens is 223 g/mol. The molecule has 7 heteroatoms. The molecule has 4 nitrogen and oxygen atoms in total. The highest BCUT2D eigenvalue weighted by atomic mass is 19.4. The van der Waals surface area contributed by atoms with Crippen LogP contribution in [0.4, 0.5) is 13.2 Å². The molecule has 0 atom stereocenters. The van der Waals surface area contributed by atoms with Crippen molar-refractivity contribution in [2.75, 3.05) is 0 Å². The van der Waals surface area contributed by atoms with E-state index in [1.807, 2.05) is 0 Å². The van der Waals surface area contributed by atoms with Crippen molar-refractivity contribution in [1.29, 1.82) is 0 Å². The molecule has 0 saturated heterocycles. The third-order valence-corrected chi connectivity index (χ3v) is 1.82. The van der Waals surface area contributed by atoms with Crippen LogP contribution in [0.3, 0.4) is 0 Å². The molecule has 0 radical (unpaired) electrons. The maximum Gasteiger partial charge on any atom is 0.435 e. The molecule has 1 aromatic rings. The van der Waals surface area contributed by atoms with Gasteiger partial charge in [0, 0.05) is 19.2 Å². The fourth-order valence-electron chi connectivity index (χ4n) is 1.15. The first-order chi connectivity index (χ1) is 7.21. The molecular formula is C9H12F3N3O. The average Bonchev–Trinajstić information content (AvgIpc) is 2.44. The van der Waals surface area contributed by atoms with Crippen LogP contribution in [0.1, 0.15) is 30.0 Å². The predicted molar refractivity (Wildman–Crippen MR) is 50.8 cm³/mol. The first-order valence-electron chi connectivity index (χ1n) is 4.64. The third kappa shape index (κ3) is 2.74. The molecule has 0 bridgehead atoms. The van der Waals surface area contributed by atoms with Crippen molar-refractivity contribution in [1.82, 2.24) is 15.1 Å². The summed E-state index contributed by atoms with van der Waals surface area (Å²) in [5.41, 5.74) is -1.18. The second-order valence-corrected chi connectivity index (χ2v) is 3.66. The topological polar surface area (TPSA) is 46.9 Å². The van der Waals surface area contributed by atoms with Crippen molar-refractivity contribution in [2.24, 2.45) is 7.05 Å². The summed E-state index contributed by atoms with van der Waals surface area (Å²) in [6.45, 7) is 3.44. The highest BCUT2D eigenvalue weighted by Crippen LogP contribution is 2.28. The Morgan fingerprint density at radius 2 is 2.06 bits per heavy atom. The van der Waals surface area contributed by atoms with E-state index < -0.39 is 17.8 Å². The minimum Gasteiger partial charge on any atom is -0.349 e. The number of nitrogens with one attached hydrogen (secondary N) is 1. The molecule has 0 aliphatic heterocycles. The van der Waals surface area contributed by atoms with Gasteiger partial charge < -0.3 is 5.32 Å². The number of aryl methyl sites for hydroxylation is 1. The molecule has 0 fully saturated rings. The summed E-state index contributed by atoms with van der Waals surface area (Å²) in [6.07, 6.45) is -4.53. The van der Waals surface area contributed by atoms with Crippen LogP contribution in [-0.2, 0) is 13.2 Å². The molecule has 1 N–H and O–H groups in total. The van der Waals surface area contributed by atoms with Gasteiger partial charge >= 0.3 is 6.18 Å². The Balaban J connectivity index is 2.99. The predicted octanol–water partition coefficient (Wildman–Crippen LogP) is 1.58. The van der Waals surface area contributed by atoms with E-state index in [2.05, 4.69) is 10.4 Å². The monoisotopic (exact) mass is 235 g/mol. The standard InChI is InChI=1S/C9H12F3N3O/c1-5(2)13-8(16)6-4-7(9(10,11)12)14-15(6)3/h4-5H,1-3H3,(H,13,16). The number of carbonyl (C=O) groups excluding carboxylic acids is 1. The molecule has 0 aliphatic rings. The van der Waals surface area contributed by atoms with Gasteiger partial charge in [0.25, 0.3) is 5.91 Å². The average molecular weight is 235 g/mol. The van der Waals surface area contributed by atoms with Crippen LogP contribution in [0.15, 0.2) is 6.07 Å². The molecule has 0 unspecified atom stereocenters. The van der Waals surface area contributed by atoms with Gasteiger partial charge in [-0.25, -0.2) is 0 Å². The number of amides is 1. The summed E-state index contributed by atoms with van der Waals surface area (Å²) >= 11 is 0. The number of hydrogen-bond donors (Lipinski definition) is 1. The smallest absolute Gasteiger partial charge is 0.349 e. The summed E-state index contributed by atoms with van der Waals surface area (Å²) in [5, 5.41) is 5.74. The number of aromatic nitrogens is 2. The number of nitrogens with zero attached hydrogens (tertiary/aromatic N) is 2. The molecule has 1 rings (SSSR count). The summed E-state index contributed by atoms with van der Waals surface area (Å²) in [7, 11) is 1.30. The lowest BCUT2D eigenvalue weighted by atomic mass is 10.3. The van der Waals surface area contributed by atoms with Crippen LogP contribution in [0.5, 0.6) is 0 Å². The van der Waals surface area contributed by atoms with E-state index in [9.17, 15) is 18.0 Å². The molecule has 90 valence electrons. The van der Waals surface area contributed by atoms with E-state index in [1.54, 1.807) is 13.8 Å². The SMILES string of the molecule is CC(C)NC(=O)c1cc(C(F)(F)F)nn1C. The Morgan fingerprint density at radius 1 is 1.50 bits per heavy atom. The van der Waals surface area contributed by atoms with Gasteiger partial charge in [-0.15, -0.1) is 0 Å². The van der Waals surface area contributed by atoms with Gasteiger partial charge in [-0.2, -0.15) is 18.3 Å². The number of rotatable bonds is 2. The maximum atomic E-state index is 12.3. The highest BCUT2D eigenvalue weighted by Gasteiger charge is 2.35. The van der Waals surface area contributed by atoms with Gasteiger partial charge in [0.05, 0.1) is 0 Å². The van der Waals surface area contributed by atoms with Crippen LogP contribution in [0, 0.1) is 0 Å². The maximum absolute atomic E-state index is 12.3. The normalized spacial score (nSPS) is 11.9. The van der Waals surface area contributed by atoms with E-state index in [0.717, 1.165) is 10.7 Å². The molecule has 1 heterocycles. The zero-order valence-electron chi connectivity index (χ0n) is 9.09. The van der Waals surface area contributed by atoms with Crippen LogP contribution in [-0.4, -0.2) is 21.7 Å². The minimum absolute atomic E-state index is 0.110. The summed E-state index contributed by atoms with van der Waals surface area (Å²) in [6, 6.07) is 0.592. The second kappa shape index (κ2) is 4.15. The molecule has 16 heavy (non-hydrogen) atoms. The van der Waals surface area contributed by atoms with Crippen molar-refractivity contribution < 1.29 is 18.0 Å². The summed E-state index contributed by atoms with van der Waals surface area (Å²) in [4.78, 5) is 11.5. The Hall–Kier alpha value is -1.53. The lowest BCUT2D eigenvalue weighted by molar-refractivity contribution is -0.141. The van der Waals surface area contributed by atoms with Crippen LogP contribution in [0.25, 0.3) is 0 Å². The number of alkyl halides is 3. The zero-order chi connectivity index (χ0) is 12.5. The minimum atomic E-state index is -4.53. The first-order valence-corrected chi connectivity index (χ1v) is 4.64. The van der Waals surface area contributed by atoms with Crippen molar-refractivity contribution >= 4 is 5.91 Å². The fourth-order valence-corrected chi connectivity index (χ4v) is 1.15. The molecule has 1 aromatic heterocycles. The van der Waals surface area contributed by atoms with E-state index in [4.69, 9.17) is 0 Å². The van der Waals surface area contributed by atoms with Crippen molar-refractivity contribution in [3.8, 4) is 0 Å². The van der Waals surface area contributed by atoms with Crippen LogP contribution in [0.2, 0.25) is 0 Å². The Kier molecular flexibility index (Phi) is 3.25. The lowest BCUT2D eigenvalue weighted by Crippen LogP contribution is -2.31.